The molecule has 5 aromatic rings. The predicted octanol–water partition coefficient (Wildman–Crippen LogP) is 5.28. The van der Waals surface area contributed by atoms with Crippen molar-refractivity contribution in [2.45, 2.75) is 6.61 Å². The first-order chi connectivity index (χ1) is 15.7. The standard InChI is InChI=1S/C26H22N4O2/c1-30-26(24(16-28-30)18-11-13-27-14-12-18)20-5-8-22(9-6-20)32-17-21-7-3-19-4-10-23(31-2)15-25(19)29-21/h3-16H,17H2,1-2H3. The van der Waals surface area contributed by atoms with Gasteiger partial charge in [0.25, 0.3) is 0 Å². The lowest BCUT2D eigenvalue weighted by atomic mass is 10.0. The fraction of sp³-hybridized carbons (Fsp3) is 0.115. The monoisotopic (exact) mass is 422 g/mol. The summed E-state index contributed by atoms with van der Waals surface area (Å²) in [6.45, 7) is 0.389. The third kappa shape index (κ3) is 3.90. The molecule has 2 aromatic carbocycles. The topological polar surface area (TPSA) is 62.1 Å². The highest BCUT2D eigenvalue weighted by Crippen LogP contribution is 2.32. The summed E-state index contributed by atoms with van der Waals surface area (Å²) in [5.74, 6) is 1.58. The van der Waals surface area contributed by atoms with Gasteiger partial charge in [-0.1, -0.05) is 6.07 Å². The Morgan fingerprint density at radius 1 is 0.844 bits per heavy atom. The summed E-state index contributed by atoms with van der Waals surface area (Å²) < 4.78 is 13.2. The molecule has 32 heavy (non-hydrogen) atoms. The Balaban J connectivity index is 1.34. The highest BCUT2D eigenvalue weighted by molar-refractivity contribution is 5.81. The fourth-order valence-electron chi connectivity index (χ4n) is 3.74. The molecule has 158 valence electrons. The van der Waals surface area contributed by atoms with Gasteiger partial charge in [-0.3, -0.25) is 9.67 Å². The smallest absolute Gasteiger partial charge is 0.130 e. The molecule has 0 aliphatic rings. The Bertz CT molecular complexity index is 1360. The van der Waals surface area contributed by atoms with E-state index >= 15 is 0 Å². The number of pyridine rings is 2. The predicted molar refractivity (Wildman–Crippen MR) is 125 cm³/mol. The van der Waals surface area contributed by atoms with Gasteiger partial charge in [0.2, 0.25) is 0 Å². The first kappa shape index (κ1) is 19.8. The van der Waals surface area contributed by atoms with Gasteiger partial charge < -0.3 is 9.47 Å². The van der Waals surface area contributed by atoms with Crippen LogP contribution in [0, 0.1) is 0 Å². The van der Waals surface area contributed by atoms with Gasteiger partial charge in [0.15, 0.2) is 0 Å². The molecule has 0 N–H and O–H groups in total. The summed E-state index contributed by atoms with van der Waals surface area (Å²) in [4.78, 5) is 8.80. The Hall–Kier alpha value is -4.19. The number of aromatic nitrogens is 4. The van der Waals surface area contributed by atoms with Crippen LogP contribution in [0.25, 0.3) is 33.3 Å². The lowest BCUT2D eigenvalue weighted by molar-refractivity contribution is 0.302. The third-order valence-corrected chi connectivity index (χ3v) is 5.40. The van der Waals surface area contributed by atoms with Crippen LogP contribution in [-0.2, 0) is 13.7 Å². The summed E-state index contributed by atoms with van der Waals surface area (Å²) in [5.41, 5.74) is 6.02. The van der Waals surface area contributed by atoms with Crippen molar-refractivity contribution in [3.8, 4) is 33.9 Å². The van der Waals surface area contributed by atoms with Crippen molar-refractivity contribution < 1.29 is 9.47 Å². The van der Waals surface area contributed by atoms with Crippen molar-refractivity contribution >= 4 is 10.9 Å². The van der Waals surface area contributed by atoms with Crippen molar-refractivity contribution in [2.24, 2.45) is 7.05 Å². The minimum absolute atomic E-state index is 0.389. The number of benzene rings is 2. The van der Waals surface area contributed by atoms with Crippen LogP contribution in [-0.4, -0.2) is 26.9 Å². The molecule has 0 radical (unpaired) electrons. The average molecular weight is 422 g/mol. The summed E-state index contributed by atoms with van der Waals surface area (Å²) in [6, 6.07) is 21.9. The molecule has 0 unspecified atom stereocenters. The number of hydrogen-bond acceptors (Lipinski definition) is 5. The zero-order valence-electron chi connectivity index (χ0n) is 17.9. The first-order valence-electron chi connectivity index (χ1n) is 10.3. The summed E-state index contributed by atoms with van der Waals surface area (Å²) >= 11 is 0. The second-order valence-corrected chi connectivity index (χ2v) is 7.44. The number of aryl methyl sites for hydroxylation is 1. The second-order valence-electron chi connectivity index (χ2n) is 7.44. The van der Waals surface area contributed by atoms with Gasteiger partial charge in [-0.15, -0.1) is 0 Å². The van der Waals surface area contributed by atoms with Crippen molar-refractivity contribution in [3.63, 3.8) is 0 Å². The van der Waals surface area contributed by atoms with E-state index in [-0.39, 0.29) is 0 Å². The molecule has 6 heteroatoms. The molecule has 0 aliphatic carbocycles. The molecule has 0 saturated heterocycles. The van der Waals surface area contributed by atoms with Crippen LogP contribution in [0.5, 0.6) is 11.5 Å². The Labute approximate surface area is 186 Å². The lowest BCUT2D eigenvalue weighted by Crippen LogP contribution is -1.99. The van der Waals surface area contributed by atoms with Crippen molar-refractivity contribution in [1.82, 2.24) is 19.7 Å². The normalized spacial score (nSPS) is 10.9. The second kappa shape index (κ2) is 8.51. The molecule has 0 amide bonds. The van der Waals surface area contributed by atoms with Crippen molar-refractivity contribution in [2.75, 3.05) is 7.11 Å². The maximum absolute atomic E-state index is 5.99. The van der Waals surface area contributed by atoms with Crippen LogP contribution in [0.2, 0.25) is 0 Å². The summed E-state index contributed by atoms with van der Waals surface area (Å²) in [5, 5.41) is 5.52. The number of hydrogen-bond donors (Lipinski definition) is 0. The molecule has 0 atom stereocenters. The minimum Gasteiger partial charge on any atom is -0.497 e. The van der Waals surface area contributed by atoms with Gasteiger partial charge in [-0.2, -0.15) is 5.10 Å². The lowest BCUT2D eigenvalue weighted by Gasteiger charge is -2.10. The SMILES string of the molecule is COc1ccc2ccc(COc3ccc(-c4c(-c5ccncc5)cnn4C)cc3)nc2c1. The zero-order valence-corrected chi connectivity index (χ0v) is 17.9. The number of ether oxygens (including phenoxy) is 2. The average Bonchev–Trinajstić information content (AvgIpc) is 3.24. The molecule has 0 saturated carbocycles. The fourth-order valence-corrected chi connectivity index (χ4v) is 3.74. The Morgan fingerprint density at radius 2 is 1.59 bits per heavy atom. The van der Waals surface area contributed by atoms with Gasteiger partial charge in [-0.25, -0.2) is 4.98 Å². The molecular formula is C26H22N4O2. The number of methoxy groups -OCH3 is 1. The molecule has 3 aromatic heterocycles. The van der Waals surface area contributed by atoms with Crippen LogP contribution < -0.4 is 9.47 Å². The molecule has 0 bridgehead atoms. The van der Waals surface area contributed by atoms with E-state index in [1.165, 1.54) is 0 Å². The van der Waals surface area contributed by atoms with Crippen LogP contribution >= 0.6 is 0 Å². The van der Waals surface area contributed by atoms with Crippen LogP contribution in [0.15, 0.2) is 85.3 Å². The molecule has 5 rings (SSSR count). The van der Waals surface area contributed by atoms with E-state index in [2.05, 4.69) is 22.2 Å². The molecule has 3 heterocycles. The molecular weight excluding hydrogens is 400 g/mol. The molecule has 0 fully saturated rings. The van der Waals surface area contributed by atoms with Crippen molar-refractivity contribution in [3.05, 3.63) is 91.0 Å². The Kier molecular flexibility index (Phi) is 5.25. The zero-order chi connectivity index (χ0) is 21.9. The molecule has 6 nitrogen and oxygen atoms in total. The Morgan fingerprint density at radius 3 is 2.38 bits per heavy atom. The van der Waals surface area contributed by atoms with E-state index in [0.717, 1.165) is 50.5 Å². The maximum Gasteiger partial charge on any atom is 0.130 e. The van der Waals surface area contributed by atoms with E-state index in [9.17, 15) is 0 Å². The largest absolute Gasteiger partial charge is 0.497 e. The van der Waals surface area contributed by atoms with Gasteiger partial charge in [0.05, 0.1) is 30.2 Å². The van der Waals surface area contributed by atoms with Crippen LogP contribution in [0.3, 0.4) is 0 Å². The maximum atomic E-state index is 5.99. The van der Waals surface area contributed by atoms with E-state index < -0.39 is 0 Å². The first-order valence-corrected chi connectivity index (χ1v) is 10.3. The van der Waals surface area contributed by atoms with Gasteiger partial charge in [-0.05, 0) is 60.2 Å². The third-order valence-electron chi connectivity index (χ3n) is 5.40. The highest BCUT2D eigenvalue weighted by Gasteiger charge is 2.13. The van der Waals surface area contributed by atoms with Gasteiger partial charge in [0, 0.05) is 42.0 Å². The van der Waals surface area contributed by atoms with Crippen LogP contribution in [0.1, 0.15) is 5.69 Å². The van der Waals surface area contributed by atoms with Crippen LogP contribution in [0.4, 0.5) is 0 Å². The van der Waals surface area contributed by atoms with E-state index in [0.29, 0.717) is 6.61 Å². The highest BCUT2D eigenvalue weighted by atomic mass is 16.5. The van der Waals surface area contributed by atoms with E-state index in [1.807, 2.05) is 72.5 Å². The molecule has 0 spiro atoms. The summed E-state index contributed by atoms with van der Waals surface area (Å²) in [7, 11) is 3.61. The minimum atomic E-state index is 0.389. The van der Waals surface area contributed by atoms with Gasteiger partial charge >= 0.3 is 0 Å². The van der Waals surface area contributed by atoms with Crippen molar-refractivity contribution in [1.29, 1.82) is 0 Å². The van der Waals surface area contributed by atoms with E-state index in [1.54, 1.807) is 19.5 Å². The van der Waals surface area contributed by atoms with Gasteiger partial charge in [0.1, 0.15) is 18.1 Å². The number of nitrogens with zero attached hydrogens (tertiary/aromatic N) is 4. The quantitative estimate of drug-likeness (QED) is 0.372. The summed E-state index contributed by atoms with van der Waals surface area (Å²) in [6.07, 6.45) is 5.47. The van der Waals surface area contributed by atoms with E-state index in [4.69, 9.17) is 14.5 Å². The number of fused-ring (bicyclic) bond motifs is 1. The number of rotatable bonds is 6. The molecule has 0 aliphatic heterocycles.